The van der Waals surface area contributed by atoms with Gasteiger partial charge in [0, 0.05) is 13.1 Å². The van der Waals surface area contributed by atoms with Crippen molar-refractivity contribution in [1.29, 1.82) is 0 Å². The van der Waals surface area contributed by atoms with Gasteiger partial charge in [0.05, 0.1) is 5.60 Å². The molecule has 1 saturated carbocycles. The number of nitrogens with two attached hydrogens (primary N) is 1. The van der Waals surface area contributed by atoms with E-state index in [1.165, 1.54) is 19.3 Å². The molecule has 0 heterocycles. The Hall–Kier alpha value is -0.610. The Morgan fingerprint density at radius 3 is 2.53 bits per heavy atom. The molecule has 1 rings (SSSR count). The van der Waals surface area contributed by atoms with Crippen molar-refractivity contribution in [2.24, 2.45) is 17.6 Å². The van der Waals surface area contributed by atoms with Crippen molar-refractivity contribution in [3.63, 3.8) is 0 Å². The first-order chi connectivity index (χ1) is 9.01. The Labute approximate surface area is 117 Å². The molecule has 1 aliphatic carbocycles. The van der Waals surface area contributed by atoms with Crippen molar-refractivity contribution >= 4 is 5.91 Å². The molecule has 1 fully saturated rings. The van der Waals surface area contributed by atoms with E-state index in [-0.39, 0.29) is 18.1 Å². The number of amides is 1. The third kappa shape index (κ3) is 5.49. The zero-order valence-electron chi connectivity index (χ0n) is 12.7. The smallest absolute Gasteiger partial charge is 0.246 e. The molecular formula is C15H30N2O2. The van der Waals surface area contributed by atoms with E-state index in [2.05, 4.69) is 26.1 Å². The molecule has 1 amide bonds. The second-order valence-electron chi connectivity index (χ2n) is 6.23. The van der Waals surface area contributed by atoms with Crippen LogP contribution in [0, 0.1) is 11.8 Å². The molecule has 19 heavy (non-hydrogen) atoms. The predicted molar refractivity (Wildman–Crippen MR) is 77.8 cm³/mol. The van der Waals surface area contributed by atoms with Gasteiger partial charge in [0.2, 0.25) is 5.91 Å². The molecule has 3 N–H and O–H groups in total. The summed E-state index contributed by atoms with van der Waals surface area (Å²) in [4.78, 5) is 11.7. The molecule has 0 spiro atoms. The van der Waals surface area contributed by atoms with Gasteiger partial charge in [0.25, 0.3) is 0 Å². The van der Waals surface area contributed by atoms with Crippen LogP contribution in [0.15, 0.2) is 0 Å². The van der Waals surface area contributed by atoms with Crippen LogP contribution in [0.4, 0.5) is 0 Å². The summed E-state index contributed by atoms with van der Waals surface area (Å²) in [5.74, 6) is 1.24. The quantitative estimate of drug-likeness (QED) is 0.744. The van der Waals surface area contributed by atoms with Crippen LogP contribution >= 0.6 is 0 Å². The zero-order valence-corrected chi connectivity index (χ0v) is 12.7. The molecule has 0 unspecified atom stereocenters. The largest absolute Gasteiger partial charge is 0.364 e. The molecule has 4 nitrogen and oxygen atoms in total. The van der Waals surface area contributed by atoms with Crippen molar-refractivity contribution in [3.05, 3.63) is 0 Å². The van der Waals surface area contributed by atoms with Gasteiger partial charge in [-0.3, -0.25) is 4.79 Å². The molecule has 112 valence electrons. The molecule has 0 radical (unpaired) electrons. The van der Waals surface area contributed by atoms with Gasteiger partial charge in [-0.2, -0.15) is 0 Å². The highest BCUT2D eigenvalue weighted by Gasteiger charge is 2.35. The molecule has 0 aromatic heterocycles. The number of hydrogen-bond acceptors (Lipinski definition) is 3. The summed E-state index contributed by atoms with van der Waals surface area (Å²) in [6, 6.07) is 0. The molecule has 4 heteroatoms. The summed E-state index contributed by atoms with van der Waals surface area (Å²) in [5.41, 5.74) is 5.61. The van der Waals surface area contributed by atoms with E-state index in [0.717, 1.165) is 18.8 Å². The number of carbonyl (C=O) groups excluding carboxylic acids is 1. The Bertz CT molecular complexity index is 271. The van der Waals surface area contributed by atoms with Crippen LogP contribution in [0.2, 0.25) is 0 Å². The molecule has 0 aliphatic heterocycles. The third-order valence-corrected chi connectivity index (χ3v) is 4.18. The summed E-state index contributed by atoms with van der Waals surface area (Å²) >= 11 is 0. The van der Waals surface area contributed by atoms with Crippen LogP contribution in [0.25, 0.3) is 0 Å². The monoisotopic (exact) mass is 270 g/mol. The summed E-state index contributed by atoms with van der Waals surface area (Å²) in [6.45, 7) is 7.75. The number of rotatable bonds is 7. The van der Waals surface area contributed by atoms with Crippen LogP contribution in [-0.2, 0) is 9.53 Å². The van der Waals surface area contributed by atoms with Gasteiger partial charge in [-0.05, 0) is 37.5 Å². The highest BCUT2D eigenvalue weighted by atomic mass is 16.5. The van der Waals surface area contributed by atoms with Crippen molar-refractivity contribution in [1.82, 2.24) is 5.32 Å². The van der Waals surface area contributed by atoms with Gasteiger partial charge in [0.1, 0.15) is 6.61 Å². The Morgan fingerprint density at radius 1 is 1.42 bits per heavy atom. The lowest BCUT2D eigenvalue weighted by Gasteiger charge is -2.39. The lowest BCUT2D eigenvalue weighted by Crippen LogP contribution is -2.46. The van der Waals surface area contributed by atoms with E-state index in [9.17, 15) is 4.79 Å². The minimum Gasteiger partial charge on any atom is -0.364 e. The first kappa shape index (κ1) is 16.4. The summed E-state index contributed by atoms with van der Waals surface area (Å²) < 4.78 is 5.87. The topological polar surface area (TPSA) is 64.3 Å². The van der Waals surface area contributed by atoms with Crippen LogP contribution < -0.4 is 11.1 Å². The molecule has 1 aliphatic rings. The number of nitrogens with one attached hydrogen (secondary N) is 1. The summed E-state index contributed by atoms with van der Waals surface area (Å²) in [5, 5.41) is 2.88. The minimum absolute atomic E-state index is 0.0286. The van der Waals surface area contributed by atoms with E-state index in [4.69, 9.17) is 10.5 Å². The maximum absolute atomic E-state index is 11.7. The molecular weight excluding hydrogens is 240 g/mol. The molecule has 0 aromatic rings. The standard InChI is InChI=1S/C15H30N2O2/c1-4-13-5-7-15(11-16,8-6-13)19-10-14(18)17-9-12(2)3/h12-13H,4-11,16H2,1-3H3,(H,17,18). The number of carbonyl (C=O) groups is 1. The Morgan fingerprint density at radius 2 is 2.05 bits per heavy atom. The van der Waals surface area contributed by atoms with Gasteiger partial charge in [-0.1, -0.05) is 27.2 Å². The second-order valence-corrected chi connectivity index (χ2v) is 6.23. The lowest BCUT2D eigenvalue weighted by molar-refractivity contribution is -0.136. The highest BCUT2D eigenvalue weighted by molar-refractivity contribution is 5.77. The first-order valence-corrected chi connectivity index (χ1v) is 7.62. The van der Waals surface area contributed by atoms with Crippen molar-refractivity contribution in [3.8, 4) is 0 Å². The second kappa shape index (κ2) is 7.85. The Kier molecular flexibility index (Phi) is 6.80. The van der Waals surface area contributed by atoms with Crippen LogP contribution in [0.5, 0.6) is 0 Å². The predicted octanol–water partition coefficient (Wildman–Crippen LogP) is 2.07. The van der Waals surface area contributed by atoms with Crippen LogP contribution in [-0.4, -0.2) is 31.2 Å². The summed E-state index contributed by atoms with van der Waals surface area (Å²) in [7, 11) is 0. The molecule has 0 aromatic carbocycles. The van der Waals surface area contributed by atoms with Crippen LogP contribution in [0.3, 0.4) is 0 Å². The van der Waals surface area contributed by atoms with Crippen LogP contribution in [0.1, 0.15) is 52.9 Å². The van der Waals surface area contributed by atoms with E-state index >= 15 is 0 Å². The fraction of sp³-hybridized carbons (Fsp3) is 0.933. The van der Waals surface area contributed by atoms with E-state index in [1.54, 1.807) is 0 Å². The average Bonchev–Trinajstić information content (AvgIpc) is 2.43. The maximum atomic E-state index is 11.7. The van der Waals surface area contributed by atoms with E-state index in [0.29, 0.717) is 19.0 Å². The average molecular weight is 270 g/mol. The molecule has 0 atom stereocenters. The highest BCUT2D eigenvalue weighted by Crippen LogP contribution is 2.35. The summed E-state index contributed by atoms with van der Waals surface area (Å²) in [6.07, 6.45) is 5.54. The van der Waals surface area contributed by atoms with Crippen molar-refractivity contribution in [2.45, 2.75) is 58.5 Å². The number of ether oxygens (including phenoxy) is 1. The first-order valence-electron chi connectivity index (χ1n) is 7.62. The van der Waals surface area contributed by atoms with Gasteiger partial charge in [-0.25, -0.2) is 0 Å². The van der Waals surface area contributed by atoms with Gasteiger partial charge < -0.3 is 15.8 Å². The SMILES string of the molecule is CCC1CCC(CN)(OCC(=O)NCC(C)C)CC1. The van der Waals surface area contributed by atoms with E-state index < -0.39 is 0 Å². The van der Waals surface area contributed by atoms with Gasteiger partial charge >= 0.3 is 0 Å². The van der Waals surface area contributed by atoms with Crippen molar-refractivity contribution in [2.75, 3.05) is 19.7 Å². The third-order valence-electron chi connectivity index (χ3n) is 4.18. The minimum atomic E-state index is -0.263. The van der Waals surface area contributed by atoms with Gasteiger partial charge in [-0.15, -0.1) is 0 Å². The fourth-order valence-corrected chi connectivity index (χ4v) is 2.61. The molecule has 0 saturated heterocycles. The normalized spacial score (nSPS) is 27.5. The Balaban J connectivity index is 2.34. The zero-order chi connectivity index (χ0) is 14.3. The maximum Gasteiger partial charge on any atom is 0.246 e. The van der Waals surface area contributed by atoms with Gasteiger partial charge in [0.15, 0.2) is 0 Å². The fourth-order valence-electron chi connectivity index (χ4n) is 2.61. The lowest BCUT2D eigenvalue weighted by atomic mass is 9.77. The van der Waals surface area contributed by atoms with E-state index in [1.807, 2.05) is 0 Å². The molecule has 0 bridgehead atoms. The number of hydrogen-bond donors (Lipinski definition) is 2. The van der Waals surface area contributed by atoms with Crippen molar-refractivity contribution < 1.29 is 9.53 Å².